The Bertz CT molecular complexity index is 2730. The molecule has 1 aliphatic carbocycles. The van der Waals surface area contributed by atoms with Gasteiger partial charge in [-0.3, -0.25) is 9.97 Å². The van der Waals surface area contributed by atoms with Crippen LogP contribution in [0.5, 0.6) is 0 Å². The molecule has 0 N–H and O–H groups in total. The number of fused-ring (bicyclic) bond motifs is 9. The van der Waals surface area contributed by atoms with Crippen molar-refractivity contribution in [2.75, 3.05) is 0 Å². The molecule has 0 spiro atoms. The number of para-hydroxylation sites is 1. The Morgan fingerprint density at radius 3 is 2.17 bits per heavy atom. The fourth-order valence-corrected chi connectivity index (χ4v) is 7.77. The maximum atomic E-state index is 6.03. The molecule has 4 heteroatoms. The van der Waals surface area contributed by atoms with E-state index in [1.165, 1.54) is 49.6 Å². The molecule has 0 saturated carbocycles. The maximum absolute atomic E-state index is 6.03. The van der Waals surface area contributed by atoms with Crippen molar-refractivity contribution >= 4 is 43.9 Å². The maximum Gasteiger partial charge on any atom is 0.153 e. The van der Waals surface area contributed by atoms with Gasteiger partial charge in [-0.25, -0.2) is 0 Å². The van der Waals surface area contributed by atoms with E-state index in [2.05, 4.69) is 133 Å². The van der Waals surface area contributed by atoms with Crippen molar-refractivity contribution in [3.63, 3.8) is 0 Å². The second-order valence-electron chi connectivity index (χ2n) is 13.1. The summed E-state index contributed by atoms with van der Waals surface area (Å²) in [6, 6.07) is 45.8. The minimum Gasteiger partial charge on any atom is -0.454 e. The summed E-state index contributed by atoms with van der Waals surface area (Å²) in [4.78, 5) is 9.41. The van der Waals surface area contributed by atoms with Crippen molar-refractivity contribution in [2.45, 2.75) is 19.3 Å². The zero-order valence-electron chi connectivity index (χ0n) is 26.0. The first kappa shape index (κ1) is 26.2. The molecule has 222 valence electrons. The van der Waals surface area contributed by atoms with Crippen LogP contribution in [-0.2, 0) is 5.41 Å². The van der Waals surface area contributed by atoms with Gasteiger partial charge in [-0.15, -0.1) is 0 Å². The third kappa shape index (κ3) is 3.76. The number of hydrogen-bond donors (Lipinski definition) is 0. The van der Waals surface area contributed by atoms with Gasteiger partial charge in [-0.1, -0.05) is 74.5 Å². The molecule has 4 aromatic heterocycles. The van der Waals surface area contributed by atoms with Crippen LogP contribution in [0.2, 0.25) is 0 Å². The molecule has 0 radical (unpaired) electrons. The number of benzene rings is 5. The Balaban J connectivity index is 1.11. The van der Waals surface area contributed by atoms with E-state index >= 15 is 0 Å². The van der Waals surface area contributed by atoms with Gasteiger partial charge in [0, 0.05) is 45.2 Å². The van der Waals surface area contributed by atoms with Gasteiger partial charge in [0.1, 0.15) is 11.1 Å². The van der Waals surface area contributed by atoms with Gasteiger partial charge in [0.15, 0.2) is 5.58 Å². The largest absolute Gasteiger partial charge is 0.454 e. The Hall–Kier alpha value is -6.00. The highest BCUT2D eigenvalue weighted by Gasteiger charge is 2.36. The Morgan fingerprint density at radius 2 is 1.28 bits per heavy atom. The highest BCUT2D eigenvalue weighted by molar-refractivity contribution is 6.10. The highest BCUT2D eigenvalue weighted by atomic mass is 16.3. The summed E-state index contributed by atoms with van der Waals surface area (Å²) in [6.07, 6.45) is 3.72. The standard InChI is InChI=1S/C43H29N3O/c1-43(2)35-17-16-30(25-33(35)41-36(43)11-6-20-44-41)46-37-12-4-3-10-31(37)32-23-28(14-18-38(32)46)26-8-5-9-27(22-26)29-15-19-39-34(24-29)42-40(47-39)13-7-21-45-42/h3-25H,1-2H3. The van der Waals surface area contributed by atoms with Gasteiger partial charge in [-0.2, -0.15) is 0 Å². The molecule has 5 aromatic carbocycles. The van der Waals surface area contributed by atoms with Crippen molar-refractivity contribution < 1.29 is 4.42 Å². The summed E-state index contributed by atoms with van der Waals surface area (Å²) in [5, 5.41) is 3.51. The molecular formula is C43H29N3O. The third-order valence-electron chi connectivity index (χ3n) is 10.1. The average molecular weight is 604 g/mol. The summed E-state index contributed by atoms with van der Waals surface area (Å²) in [6.45, 7) is 4.59. The molecule has 0 unspecified atom stereocenters. The van der Waals surface area contributed by atoms with E-state index in [1.807, 2.05) is 30.6 Å². The first-order chi connectivity index (χ1) is 23.0. The van der Waals surface area contributed by atoms with Crippen LogP contribution < -0.4 is 0 Å². The van der Waals surface area contributed by atoms with E-state index in [4.69, 9.17) is 9.40 Å². The number of pyridine rings is 2. The number of hydrogen-bond acceptors (Lipinski definition) is 3. The normalized spacial score (nSPS) is 13.5. The molecule has 0 fully saturated rings. The van der Waals surface area contributed by atoms with E-state index < -0.39 is 0 Å². The molecule has 0 atom stereocenters. The second-order valence-corrected chi connectivity index (χ2v) is 13.1. The Labute approximate surface area is 271 Å². The van der Waals surface area contributed by atoms with Crippen LogP contribution in [0.15, 0.2) is 144 Å². The Kier molecular flexibility index (Phi) is 5.31. The molecule has 9 aromatic rings. The molecule has 4 heterocycles. The first-order valence-corrected chi connectivity index (χ1v) is 16.1. The zero-order valence-corrected chi connectivity index (χ0v) is 26.0. The summed E-state index contributed by atoms with van der Waals surface area (Å²) < 4.78 is 8.43. The lowest BCUT2D eigenvalue weighted by molar-refractivity contribution is 0.659. The molecule has 47 heavy (non-hydrogen) atoms. The van der Waals surface area contributed by atoms with Crippen molar-refractivity contribution in [3.05, 3.63) is 151 Å². The van der Waals surface area contributed by atoms with E-state index in [0.29, 0.717) is 0 Å². The molecule has 1 aliphatic rings. The lowest BCUT2D eigenvalue weighted by Crippen LogP contribution is -2.15. The van der Waals surface area contributed by atoms with Crippen LogP contribution in [-0.4, -0.2) is 14.5 Å². The van der Waals surface area contributed by atoms with E-state index in [-0.39, 0.29) is 5.41 Å². The van der Waals surface area contributed by atoms with Crippen LogP contribution in [0, 0.1) is 0 Å². The summed E-state index contributed by atoms with van der Waals surface area (Å²) >= 11 is 0. The van der Waals surface area contributed by atoms with Crippen LogP contribution in [0.4, 0.5) is 0 Å². The average Bonchev–Trinajstić information content (AvgIpc) is 3.73. The first-order valence-electron chi connectivity index (χ1n) is 16.1. The number of rotatable bonds is 3. The molecule has 0 saturated heterocycles. The topological polar surface area (TPSA) is 43.9 Å². The zero-order chi connectivity index (χ0) is 31.3. The van der Waals surface area contributed by atoms with Gasteiger partial charge in [0.25, 0.3) is 0 Å². The Morgan fingerprint density at radius 1 is 0.532 bits per heavy atom. The molecule has 4 nitrogen and oxygen atoms in total. The molecule has 10 rings (SSSR count). The molecule has 0 amide bonds. The summed E-state index contributed by atoms with van der Waals surface area (Å²) in [7, 11) is 0. The van der Waals surface area contributed by atoms with Crippen LogP contribution in [0.25, 0.3) is 83.1 Å². The van der Waals surface area contributed by atoms with Gasteiger partial charge in [0.05, 0.1) is 16.7 Å². The van der Waals surface area contributed by atoms with Crippen molar-refractivity contribution in [1.29, 1.82) is 0 Å². The fourth-order valence-electron chi connectivity index (χ4n) is 7.77. The molecule has 0 aliphatic heterocycles. The second kappa shape index (κ2) is 9.51. The van der Waals surface area contributed by atoms with Gasteiger partial charge >= 0.3 is 0 Å². The predicted octanol–water partition coefficient (Wildman–Crippen LogP) is 11.1. The van der Waals surface area contributed by atoms with Gasteiger partial charge < -0.3 is 8.98 Å². The van der Waals surface area contributed by atoms with Crippen molar-refractivity contribution in [1.82, 2.24) is 14.5 Å². The van der Waals surface area contributed by atoms with Crippen LogP contribution in [0.3, 0.4) is 0 Å². The molecule has 0 bridgehead atoms. The number of nitrogens with zero attached hydrogens (tertiary/aromatic N) is 3. The minimum absolute atomic E-state index is 0.0727. The van der Waals surface area contributed by atoms with Crippen molar-refractivity contribution in [2.24, 2.45) is 0 Å². The van der Waals surface area contributed by atoms with E-state index in [9.17, 15) is 0 Å². The minimum atomic E-state index is -0.0727. The van der Waals surface area contributed by atoms with Crippen LogP contribution >= 0.6 is 0 Å². The van der Waals surface area contributed by atoms with Gasteiger partial charge in [-0.05, 0) is 100 Å². The van der Waals surface area contributed by atoms with Crippen molar-refractivity contribution in [3.8, 4) is 39.2 Å². The molecular weight excluding hydrogens is 574 g/mol. The fraction of sp³-hybridized carbons (Fsp3) is 0.0698. The monoisotopic (exact) mass is 603 g/mol. The number of aromatic nitrogens is 3. The van der Waals surface area contributed by atoms with Crippen LogP contribution in [0.1, 0.15) is 25.0 Å². The smallest absolute Gasteiger partial charge is 0.153 e. The third-order valence-corrected chi connectivity index (χ3v) is 10.1. The highest BCUT2D eigenvalue weighted by Crippen LogP contribution is 2.48. The van der Waals surface area contributed by atoms with Gasteiger partial charge in [0.2, 0.25) is 0 Å². The lowest BCUT2D eigenvalue weighted by atomic mass is 9.83. The number of furan rings is 1. The SMILES string of the molecule is CC1(C)c2ccc(-n3c4ccccc4c4cc(-c5cccc(-c6ccc7oc8cccnc8c7c6)c5)ccc43)cc2-c2ncccc21. The summed E-state index contributed by atoms with van der Waals surface area (Å²) in [5.74, 6) is 0. The lowest BCUT2D eigenvalue weighted by Gasteiger charge is -2.21. The van der Waals surface area contributed by atoms with E-state index in [1.54, 1.807) is 0 Å². The summed E-state index contributed by atoms with van der Waals surface area (Å²) in [5.41, 5.74) is 15.6. The predicted molar refractivity (Wildman–Crippen MR) is 192 cm³/mol. The van der Waals surface area contributed by atoms with E-state index in [0.717, 1.165) is 44.6 Å². The quantitative estimate of drug-likeness (QED) is 0.202.